The van der Waals surface area contributed by atoms with E-state index >= 15 is 0 Å². The number of aliphatic hydroxyl groups excluding tert-OH is 2. The van der Waals surface area contributed by atoms with Gasteiger partial charge in [-0.15, -0.1) is 0 Å². The highest BCUT2D eigenvalue weighted by Crippen LogP contribution is 2.35. The molecular formula is C10H18O4. The molecule has 1 aliphatic rings. The van der Waals surface area contributed by atoms with Crippen molar-refractivity contribution in [1.82, 2.24) is 0 Å². The lowest BCUT2D eigenvalue weighted by molar-refractivity contribution is -0.142. The first-order chi connectivity index (χ1) is 6.60. The first-order valence-corrected chi connectivity index (χ1v) is 5.03. The van der Waals surface area contributed by atoms with Gasteiger partial charge in [-0.05, 0) is 18.3 Å². The first-order valence-electron chi connectivity index (χ1n) is 5.03. The number of rotatable bonds is 3. The summed E-state index contributed by atoms with van der Waals surface area (Å²) in [7, 11) is 1.33. The standard InChI is InChI=1S/C10H18O4/c1-3-6-4-7(5-8(11)14-2)10(13)9(6)12/h6-7,9-10,12-13H,3-5H2,1-2H3/t6-,7-,9+,10-/m1/s1. The quantitative estimate of drug-likeness (QED) is 0.647. The highest BCUT2D eigenvalue weighted by molar-refractivity contribution is 5.69. The minimum absolute atomic E-state index is 0.111. The molecule has 0 spiro atoms. The summed E-state index contributed by atoms with van der Waals surface area (Å²) < 4.78 is 4.53. The van der Waals surface area contributed by atoms with E-state index in [0.717, 1.165) is 6.42 Å². The van der Waals surface area contributed by atoms with E-state index in [4.69, 9.17) is 0 Å². The molecule has 0 saturated heterocycles. The van der Waals surface area contributed by atoms with Crippen molar-refractivity contribution >= 4 is 5.97 Å². The third-order valence-corrected chi connectivity index (χ3v) is 3.10. The van der Waals surface area contributed by atoms with Crippen LogP contribution in [-0.4, -0.2) is 35.5 Å². The van der Waals surface area contributed by atoms with Crippen LogP contribution in [0.5, 0.6) is 0 Å². The smallest absolute Gasteiger partial charge is 0.305 e. The highest BCUT2D eigenvalue weighted by atomic mass is 16.5. The zero-order valence-corrected chi connectivity index (χ0v) is 8.64. The molecule has 82 valence electrons. The van der Waals surface area contributed by atoms with E-state index in [9.17, 15) is 15.0 Å². The number of hydrogen-bond donors (Lipinski definition) is 2. The molecule has 0 amide bonds. The molecule has 1 saturated carbocycles. The van der Waals surface area contributed by atoms with Crippen LogP contribution in [-0.2, 0) is 9.53 Å². The van der Waals surface area contributed by atoms with Crippen molar-refractivity contribution in [2.24, 2.45) is 11.8 Å². The molecule has 1 aliphatic carbocycles. The van der Waals surface area contributed by atoms with Gasteiger partial charge >= 0.3 is 5.97 Å². The summed E-state index contributed by atoms with van der Waals surface area (Å²) >= 11 is 0. The Kier molecular flexibility index (Phi) is 3.89. The SMILES string of the molecule is CC[C@@H]1C[C@H](CC(=O)OC)[C@@H](O)[C@H]1O. The molecule has 0 aromatic heterocycles. The fourth-order valence-corrected chi connectivity index (χ4v) is 2.14. The Morgan fingerprint density at radius 1 is 1.36 bits per heavy atom. The Bertz CT molecular complexity index is 204. The third kappa shape index (κ3) is 2.25. The van der Waals surface area contributed by atoms with E-state index in [1.54, 1.807) is 0 Å². The van der Waals surface area contributed by atoms with Gasteiger partial charge in [0.05, 0.1) is 25.7 Å². The molecule has 0 unspecified atom stereocenters. The van der Waals surface area contributed by atoms with Crippen LogP contribution < -0.4 is 0 Å². The van der Waals surface area contributed by atoms with Gasteiger partial charge in [0.1, 0.15) is 0 Å². The lowest BCUT2D eigenvalue weighted by atomic mass is 9.99. The minimum atomic E-state index is -0.779. The summed E-state index contributed by atoms with van der Waals surface area (Å²) in [6, 6.07) is 0. The van der Waals surface area contributed by atoms with Crippen molar-refractivity contribution in [3.63, 3.8) is 0 Å². The van der Waals surface area contributed by atoms with Crippen molar-refractivity contribution in [3.05, 3.63) is 0 Å². The molecule has 4 heteroatoms. The second-order valence-electron chi connectivity index (χ2n) is 3.93. The van der Waals surface area contributed by atoms with E-state index in [1.165, 1.54) is 7.11 Å². The average molecular weight is 202 g/mol. The molecule has 0 heterocycles. The first kappa shape index (κ1) is 11.5. The van der Waals surface area contributed by atoms with Crippen LogP contribution in [0.25, 0.3) is 0 Å². The lowest BCUT2D eigenvalue weighted by Gasteiger charge is -2.15. The Balaban J connectivity index is 2.52. The van der Waals surface area contributed by atoms with Gasteiger partial charge in [0, 0.05) is 0 Å². The summed E-state index contributed by atoms with van der Waals surface area (Å²) in [5.41, 5.74) is 0. The number of methoxy groups -OCH3 is 1. The number of hydrogen-bond acceptors (Lipinski definition) is 4. The second-order valence-corrected chi connectivity index (χ2v) is 3.93. The Labute approximate surface area is 83.9 Å². The molecule has 2 N–H and O–H groups in total. The summed E-state index contributed by atoms with van der Waals surface area (Å²) in [6.07, 6.45) is 0.267. The van der Waals surface area contributed by atoms with Crippen LogP contribution in [0.2, 0.25) is 0 Å². The van der Waals surface area contributed by atoms with Crippen molar-refractivity contribution in [3.8, 4) is 0 Å². The third-order valence-electron chi connectivity index (χ3n) is 3.10. The maximum absolute atomic E-state index is 11.0. The topological polar surface area (TPSA) is 66.8 Å². The normalized spacial score (nSPS) is 37.1. The van der Waals surface area contributed by atoms with Gasteiger partial charge in [0.15, 0.2) is 0 Å². The van der Waals surface area contributed by atoms with Gasteiger partial charge in [-0.25, -0.2) is 0 Å². The van der Waals surface area contributed by atoms with E-state index in [1.807, 2.05) is 6.92 Å². The number of aliphatic hydroxyl groups is 2. The van der Waals surface area contributed by atoms with Gasteiger partial charge in [0.25, 0.3) is 0 Å². The molecule has 14 heavy (non-hydrogen) atoms. The maximum Gasteiger partial charge on any atom is 0.305 e. The van der Waals surface area contributed by atoms with E-state index in [-0.39, 0.29) is 24.2 Å². The zero-order valence-electron chi connectivity index (χ0n) is 8.64. The van der Waals surface area contributed by atoms with Crippen LogP contribution >= 0.6 is 0 Å². The molecule has 0 bridgehead atoms. The summed E-state index contributed by atoms with van der Waals surface area (Å²) in [5, 5.41) is 19.3. The second kappa shape index (κ2) is 4.75. The van der Waals surface area contributed by atoms with Crippen LogP contribution in [0.3, 0.4) is 0 Å². The van der Waals surface area contributed by atoms with Crippen molar-refractivity contribution in [1.29, 1.82) is 0 Å². The predicted octanol–water partition coefficient (Wildman–Crippen LogP) is 0.317. The largest absolute Gasteiger partial charge is 0.469 e. The minimum Gasteiger partial charge on any atom is -0.469 e. The summed E-state index contributed by atoms with van der Waals surface area (Å²) in [5.74, 6) is -0.361. The van der Waals surface area contributed by atoms with Gasteiger partial charge in [-0.1, -0.05) is 13.3 Å². The Morgan fingerprint density at radius 2 is 1.93 bits per heavy atom. The van der Waals surface area contributed by atoms with Crippen LogP contribution in [0.15, 0.2) is 0 Å². The summed E-state index contributed by atoms with van der Waals surface area (Å²) in [4.78, 5) is 11.0. The number of ether oxygens (including phenoxy) is 1. The number of carbonyl (C=O) groups excluding carboxylic acids is 1. The van der Waals surface area contributed by atoms with Crippen molar-refractivity contribution < 1.29 is 19.7 Å². The molecular weight excluding hydrogens is 184 g/mol. The molecule has 1 rings (SSSR count). The molecule has 4 atom stereocenters. The molecule has 4 nitrogen and oxygen atoms in total. The number of carbonyl (C=O) groups is 1. The molecule has 0 aromatic rings. The van der Waals surface area contributed by atoms with Crippen molar-refractivity contribution in [2.45, 2.75) is 38.4 Å². The van der Waals surface area contributed by atoms with Gasteiger partial charge < -0.3 is 14.9 Å². The van der Waals surface area contributed by atoms with Gasteiger partial charge in [-0.2, -0.15) is 0 Å². The Morgan fingerprint density at radius 3 is 2.36 bits per heavy atom. The average Bonchev–Trinajstić information content (AvgIpc) is 2.45. The number of esters is 1. The monoisotopic (exact) mass is 202 g/mol. The van der Waals surface area contributed by atoms with Crippen LogP contribution in [0.4, 0.5) is 0 Å². The van der Waals surface area contributed by atoms with Crippen LogP contribution in [0, 0.1) is 11.8 Å². The fourth-order valence-electron chi connectivity index (χ4n) is 2.14. The van der Waals surface area contributed by atoms with Gasteiger partial charge in [0.2, 0.25) is 0 Å². The van der Waals surface area contributed by atoms with E-state index < -0.39 is 12.2 Å². The predicted molar refractivity (Wildman–Crippen MR) is 50.5 cm³/mol. The zero-order chi connectivity index (χ0) is 10.7. The lowest BCUT2D eigenvalue weighted by Crippen LogP contribution is -2.29. The van der Waals surface area contributed by atoms with Crippen LogP contribution in [0.1, 0.15) is 26.2 Å². The van der Waals surface area contributed by atoms with E-state index in [0.29, 0.717) is 6.42 Å². The van der Waals surface area contributed by atoms with Crippen molar-refractivity contribution in [2.75, 3.05) is 7.11 Å². The van der Waals surface area contributed by atoms with Gasteiger partial charge in [-0.3, -0.25) is 4.79 Å². The molecule has 1 fully saturated rings. The highest BCUT2D eigenvalue weighted by Gasteiger charge is 2.41. The molecule has 0 aromatic carbocycles. The maximum atomic E-state index is 11.0. The fraction of sp³-hybridized carbons (Fsp3) is 0.900. The molecule has 0 aliphatic heterocycles. The van der Waals surface area contributed by atoms with E-state index in [2.05, 4.69) is 4.74 Å². The Hall–Kier alpha value is -0.610. The molecule has 0 radical (unpaired) electrons. The summed E-state index contributed by atoms with van der Waals surface area (Å²) in [6.45, 7) is 1.97.